The van der Waals surface area contributed by atoms with Gasteiger partial charge in [0.25, 0.3) is 0 Å². The van der Waals surface area contributed by atoms with Crippen LogP contribution in [-0.2, 0) is 11.2 Å². The van der Waals surface area contributed by atoms with E-state index in [1.165, 1.54) is 5.39 Å². The molecule has 5 heteroatoms. The number of aryl methyl sites for hydroxylation is 1. The topological polar surface area (TPSA) is 70.7 Å². The normalized spacial score (nSPS) is 11.3. The summed E-state index contributed by atoms with van der Waals surface area (Å²) in [6, 6.07) is 19.9. The monoisotopic (exact) mass is 366 g/mol. The molecule has 0 saturated heterocycles. The van der Waals surface area contributed by atoms with Gasteiger partial charge in [-0.05, 0) is 30.7 Å². The van der Waals surface area contributed by atoms with Crippen molar-refractivity contribution in [1.29, 1.82) is 0 Å². The number of amides is 1. The third-order valence-corrected chi connectivity index (χ3v) is 4.96. The van der Waals surface area contributed by atoms with Crippen molar-refractivity contribution in [2.75, 3.05) is 5.32 Å². The Morgan fingerprint density at radius 3 is 2.79 bits per heavy atom. The lowest BCUT2D eigenvalue weighted by Gasteiger charge is -2.08. The highest BCUT2D eigenvalue weighted by Gasteiger charge is 2.09. The number of benzene rings is 2. The van der Waals surface area contributed by atoms with Crippen LogP contribution in [0.4, 0.5) is 5.69 Å². The molecule has 0 unspecified atom stereocenters. The van der Waals surface area contributed by atoms with Crippen LogP contribution < -0.4 is 5.32 Å². The van der Waals surface area contributed by atoms with E-state index in [4.69, 9.17) is 0 Å². The maximum atomic E-state index is 12.5. The molecule has 5 aromatic rings. The van der Waals surface area contributed by atoms with Gasteiger partial charge in [0.1, 0.15) is 0 Å². The lowest BCUT2D eigenvalue weighted by atomic mass is 10.1. The average molecular weight is 366 g/mol. The second kappa shape index (κ2) is 6.78. The fraction of sp³-hybridized carbons (Fsp3) is 0.0870. The van der Waals surface area contributed by atoms with Gasteiger partial charge in [-0.25, -0.2) is 0 Å². The maximum Gasteiger partial charge on any atom is 0.224 e. The lowest BCUT2D eigenvalue weighted by Crippen LogP contribution is -2.13. The van der Waals surface area contributed by atoms with Crippen LogP contribution in [0.5, 0.6) is 0 Å². The number of carbonyl (C=O) groups excluding carboxylic acids is 1. The maximum absolute atomic E-state index is 12.5. The summed E-state index contributed by atoms with van der Waals surface area (Å²) in [5.41, 5.74) is 4.55. The molecule has 2 aromatic carbocycles. The summed E-state index contributed by atoms with van der Waals surface area (Å²) in [7, 11) is 0. The van der Waals surface area contributed by atoms with E-state index in [0.29, 0.717) is 12.8 Å². The first kappa shape index (κ1) is 16.4. The molecule has 0 aliphatic carbocycles. The molecule has 0 spiro atoms. The van der Waals surface area contributed by atoms with Crippen molar-refractivity contribution in [2.45, 2.75) is 12.8 Å². The van der Waals surface area contributed by atoms with Crippen LogP contribution in [0.25, 0.3) is 32.7 Å². The summed E-state index contributed by atoms with van der Waals surface area (Å²) in [5.74, 6) is -0.0426. The molecule has 0 saturated carbocycles. The molecular formula is C23H18N4O. The quantitative estimate of drug-likeness (QED) is 0.478. The van der Waals surface area contributed by atoms with Crippen LogP contribution >= 0.6 is 0 Å². The number of pyridine rings is 2. The number of H-pyrrole nitrogens is 1. The molecule has 136 valence electrons. The highest BCUT2D eigenvalue weighted by Crippen LogP contribution is 2.25. The SMILES string of the molecule is O=C(CCc1cc2c(cn1)[nH]c1ccccc12)Nc1cccc2cccnc12. The minimum atomic E-state index is -0.0426. The summed E-state index contributed by atoms with van der Waals surface area (Å²) in [5, 5.41) is 6.30. The molecule has 0 radical (unpaired) electrons. The fourth-order valence-electron chi connectivity index (χ4n) is 3.59. The second-order valence-electron chi connectivity index (χ2n) is 6.82. The van der Waals surface area contributed by atoms with Crippen molar-refractivity contribution >= 4 is 44.3 Å². The summed E-state index contributed by atoms with van der Waals surface area (Å²) >= 11 is 0. The van der Waals surface area contributed by atoms with Gasteiger partial charge in [0.2, 0.25) is 5.91 Å². The molecule has 5 nitrogen and oxygen atoms in total. The molecule has 1 amide bonds. The molecule has 0 aliphatic rings. The predicted molar refractivity (Wildman–Crippen MR) is 112 cm³/mol. The minimum Gasteiger partial charge on any atom is -0.353 e. The van der Waals surface area contributed by atoms with Crippen LogP contribution in [0.15, 0.2) is 73.1 Å². The van der Waals surface area contributed by atoms with Gasteiger partial charge in [0.15, 0.2) is 0 Å². The summed E-state index contributed by atoms with van der Waals surface area (Å²) in [6.45, 7) is 0. The van der Waals surface area contributed by atoms with Crippen LogP contribution in [0.1, 0.15) is 12.1 Å². The molecule has 2 N–H and O–H groups in total. The van der Waals surface area contributed by atoms with Crippen molar-refractivity contribution in [3.05, 3.63) is 78.8 Å². The van der Waals surface area contributed by atoms with Crippen molar-refractivity contribution in [2.24, 2.45) is 0 Å². The van der Waals surface area contributed by atoms with E-state index in [0.717, 1.165) is 38.7 Å². The molecule has 3 aromatic heterocycles. The number of hydrogen-bond acceptors (Lipinski definition) is 3. The smallest absolute Gasteiger partial charge is 0.224 e. The number of nitrogens with one attached hydrogen (secondary N) is 2. The molecule has 0 bridgehead atoms. The third kappa shape index (κ3) is 2.97. The largest absolute Gasteiger partial charge is 0.353 e. The molecule has 0 fully saturated rings. The Morgan fingerprint density at radius 1 is 0.929 bits per heavy atom. The minimum absolute atomic E-state index is 0.0426. The van der Waals surface area contributed by atoms with Gasteiger partial charge in [-0.3, -0.25) is 14.8 Å². The molecule has 0 aliphatic heterocycles. The molecular weight excluding hydrogens is 348 g/mol. The van der Waals surface area contributed by atoms with Gasteiger partial charge in [-0.2, -0.15) is 0 Å². The zero-order chi connectivity index (χ0) is 18.9. The van der Waals surface area contributed by atoms with Crippen LogP contribution in [0.3, 0.4) is 0 Å². The Balaban J connectivity index is 1.34. The van der Waals surface area contributed by atoms with Gasteiger partial charge < -0.3 is 10.3 Å². The van der Waals surface area contributed by atoms with Crippen LogP contribution in [0, 0.1) is 0 Å². The summed E-state index contributed by atoms with van der Waals surface area (Å²) in [4.78, 5) is 24.7. The van der Waals surface area contributed by atoms with Crippen molar-refractivity contribution in [3.63, 3.8) is 0 Å². The summed E-state index contributed by atoms with van der Waals surface area (Å²) < 4.78 is 0. The van der Waals surface area contributed by atoms with Crippen molar-refractivity contribution in [3.8, 4) is 0 Å². The van der Waals surface area contributed by atoms with Gasteiger partial charge in [-0.15, -0.1) is 0 Å². The third-order valence-electron chi connectivity index (χ3n) is 4.96. The number of aromatic nitrogens is 3. The number of hydrogen-bond donors (Lipinski definition) is 2. The molecule has 0 atom stereocenters. The standard InChI is InChI=1S/C23H18N4O/c28-22(27-20-9-3-5-15-6-4-12-24-23(15)20)11-10-16-13-18-17-7-1-2-8-19(17)26-21(18)14-25-16/h1-9,12-14,26H,10-11H2,(H,27,28). The molecule has 3 heterocycles. The number of fused-ring (bicyclic) bond motifs is 4. The first-order valence-electron chi connectivity index (χ1n) is 9.27. The van der Waals surface area contributed by atoms with Gasteiger partial charge in [0, 0.05) is 40.0 Å². The van der Waals surface area contributed by atoms with E-state index in [2.05, 4.69) is 38.5 Å². The first-order valence-corrected chi connectivity index (χ1v) is 9.27. The van der Waals surface area contributed by atoms with E-state index in [9.17, 15) is 4.79 Å². The van der Waals surface area contributed by atoms with E-state index >= 15 is 0 Å². The summed E-state index contributed by atoms with van der Waals surface area (Å²) in [6.07, 6.45) is 4.53. The number of aromatic amines is 1. The van der Waals surface area contributed by atoms with E-state index < -0.39 is 0 Å². The molecule has 28 heavy (non-hydrogen) atoms. The highest BCUT2D eigenvalue weighted by atomic mass is 16.1. The lowest BCUT2D eigenvalue weighted by molar-refractivity contribution is -0.116. The number of nitrogens with zero attached hydrogens (tertiary/aromatic N) is 2. The zero-order valence-electron chi connectivity index (χ0n) is 15.1. The van der Waals surface area contributed by atoms with E-state index in [1.54, 1.807) is 6.20 Å². The Morgan fingerprint density at radius 2 is 1.82 bits per heavy atom. The van der Waals surface area contributed by atoms with Gasteiger partial charge in [0.05, 0.1) is 22.9 Å². The van der Waals surface area contributed by atoms with E-state index in [1.807, 2.05) is 48.7 Å². The Labute approximate surface area is 161 Å². The first-order chi connectivity index (χ1) is 13.8. The fourth-order valence-corrected chi connectivity index (χ4v) is 3.59. The van der Waals surface area contributed by atoms with Crippen molar-refractivity contribution < 1.29 is 4.79 Å². The van der Waals surface area contributed by atoms with Crippen LogP contribution in [-0.4, -0.2) is 20.9 Å². The Hall–Kier alpha value is -3.73. The van der Waals surface area contributed by atoms with E-state index in [-0.39, 0.29) is 5.91 Å². The number of para-hydroxylation sites is 2. The second-order valence-corrected chi connectivity index (χ2v) is 6.82. The molecule has 5 rings (SSSR count). The number of carbonyl (C=O) groups is 1. The number of anilines is 1. The van der Waals surface area contributed by atoms with Gasteiger partial charge >= 0.3 is 0 Å². The Bertz CT molecular complexity index is 1320. The van der Waals surface area contributed by atoms with Crippen molar-refractivity contribution in [1.82, 2.24) is 15.0 Å². The predicted octanol–water partition coefficient (Wildman–Crippen LogP) is 4.84. The number of rotatable bonds is 4. The zero-order valence-corrected chi connectivity index (χ0v) is 15.1. The van der Waals surface area contributed by atoms with Crippen LogP contribution in [0.2, 0.25) is 0 Å². The average Bonchev–Trinajstić information content (AvgIpc) is 3.10. The van der Waals surface area contributed by atoms with Gasteiger partial charge in [-0.1, -0.05) is 36.4 Å². The Kier molecular flexibility index (Phi) is 3.98. The highest BCUT2D eigenvalue weighted by molar-refractivity contribution is 6.07.